The number of carbonyl (C=O) groups is 8. The van der Waals surface area contributed by atoms with E-state index in [-0.39, 0.29) is 79.0 Å². The number of fused-ring (bicyclic) bond motifs is 13. The van der Waals surface area contributed by atoms with Gasteiger partial charge in [0.25, 0.3) is 0 Å². The average Bonchev–Trinajstić information content (AvgIpc) is 1.40. The number of hydrogen-bond donors (Lipinski definition) is 0. The second kappa shape index (κ2) is 23.4. The first-order valence-corrected chi connectivity index (χ1v) is 34.9. The van der Waals surface area contributed by atoms with Crippen molar-refractivity contribution in [1.82, 2.24) is 0 Å². The second-order valence-corrected chi connectivity index (χ2v) is 36.0. The van der Waals surface area contributed by atoms with Gasteiger partial charge in [0.05, 0.1) is 19.8 Å². The van der Waals surface area contributed by atoms with E-state index in [1.54, 1.807) is 12.2 Å². The van der Waals surface area contributed by atoms with Crippen molar-refractivity contribution in [3.8, 4) is 0 Å². The summed E-state index contributed by atoms with van der Waals surface area (Å²) < 4.78 is 0. The SMILES string of the molecule is C1=CCC=C1.CC(C)(C)C.ClC1=C[C@]2(Cl)[C@H](C1)C[C@@H]1C=C(Cl)C[C@@]12Cl.O=C1C(Cl)=C(Cl)C(=O)C(Cl)=C1Cl.O=C1C(Cl)=C(Cl)C(=O)C2(Cl)C3C=CC(C3)C12Cl.O=C1C(Cl)=C[C@H]2C[C@H]3C=C(Cl)C(=O)[C@@]3(Cl)[C@@]12Cl.O=C1C2(Cl)C3CC4C5C3C1(Cl)C5(Cl)C(=O)C42Cl. The van der Waals surface area contributed by atoms with Gasteiger partial charge in [-0.05, 0) is 79.6 Å². The topological polar surface area (TPSA) is 137 Å². The first-order valence-electron chi connectivity index (χ1n) is 27.3. The van der Waals surface area contributed by atoms with Gasteiger partial charge in [-0.3, -0.25) is 38.4 Å². The molecule has 4 bridgehead atoms. The van der Waals surface area contributed by atoms with Crippen LogP contribution in [0.3, 0.4) is 0 Å². The fourth-order valence-electron chi connectivity index (χ4n) is 16.0. The maximum Gasteiger partial charge on any atom is 0.219 e. The van der Waals surface area contributed by atoms with E-state index in [2.05, 4.69) is 58.1 Å². The van der Waals surface area contributed by atoms with Crippen molar-refractivity contribution in [3.05, 3.63) is 111 Å². The van der Waals surface area contributed by atoms with Crippen LogP contribution in [0.1, 0.15) is 72.6 Å². The molecule has 0 aromatic rings. The second-order valence-electron chi connectivity index (χ2n) is 25.9. The average molecular weight is 1600 g/mol. The van der Waals surface area contributed by atoms with Gasteiger partial charge in [0.15, 0.2) is 34.7 Å². The van der Waals surface area contributed by atoms with Crippen LogP contribution in [0.5, 0.6) is 0 Å². The van der Waals surface area contributed by atoms with Crippen molar-refractivity contribution in [2.75, 3.05) is 0 Å². The molecule has 0 aromatic carbocycles. The molecule has 16 rings (SSSR count). The summed E-state index contributed by atoms with van der Waals surface area (Å²) in [6, 6.07) is 0. The van der Waals surface area contributed by atoms with Gasteiger partial charge in [0.1, 0.15) is 69.2 Å². The number of carbonyl (C=O) groups excluding carboxylic acids is 8. The van der Waals surface area contributed by atoms with Crippen LogP contribution in [0.4, 0.5) is 0 Å². The molecule has 0 spiro atoms. The Kier molecular flexibility index (Phi) is 18.9. The van der Waals surface area contributed by atoms with Gasteiger partial charge in [-0.15, -0.1) is 116 Å². The Labute approximate surface area is 607 Å². The fraction of sp³-hybridized carbons (Fsp3) is 0.533. The molecule has 0 saturated heterocycles. The lowest BCUT2D eigenvalue weighted by Crippen LogP contribution is -2.75. The van der Waals surface area contributed by atoms with Gasteiger partial charge >= 0.3 is 0 Å². The Morgan fingerprint density at radius 3 is 1.14 bits per heavy atom. The van der Waals surface area contributed by atoms with Crippen molar-refractivity contribution >= 4 is 278 Å². The summed E-state index contributed by atoms with van der Waals surface area (Å²) in [5, 5.41) is -0.382. The number of alkyl halides is 10. The first-order chi connectivity index (χ1) is 40.4. The van der Waals surface area contributed by atoms with Gasteiger partial charge in [0, 0.05) is 46.1 Å². The third-order valence-electron chi connectivity index (χ3n) is 19.6. The summed E-state index contributed by atoms with van der Waals surface area (Å²) in [6.45, 7) is 8.75. The maximum absolute atomic E-state index is 12.5. The third kappa shape index (κ3) is 9.26. The molecule has 20 atom stereocenters. The van der Waals surface area contributed by atoms with Crippen molar-refractivity contribution in [1.29, 1.82) is 0 Å². The summed E-state index contributed by atoms with van der Waals surface area (Å²) in [5.74, 6) is -4.80. The van der Waals surface area contributed by atoms with Crippen LogP contribution in [0.25, 0.3) is 0 Å². The Morgan fingerprint density at radius 2 is 0.773 bits per heavy atom. The van der Waals surface area contributed by atoms with E-state index in [1.165, 1.54) is 0 Å². The number of Topliss-reactive ketones (excluding diaryl/α,β-unsaturated/α-hetero) is 8. The molecule has 0 aromatic heterocycles. The third-order valence-corrected chi connectivity index (χ3v) is 31.1. The van der Waals surface area contributed by atoms with E-state index in [1.807, 2.05) is 18.2 Å². The number of halogens is 20. The maximum atomic E-state index is 12.5. The van der Waals surface area contributed by atoms with E-state index in [4.69, 9.17) is 232 Å². The van der Waals surface area contributed by atoms with Gasteiger partial charge in [-0.1, -0.05) is 198 Å². The first kappa shape index (κ1) is 71.3. The molecule has 0 amide bonds. The standard InChI is InChI=1S/3C11H6Cl4O2.C11H10Cl4.C6Cl4O2.C5H6.C5H12/c12-8-2-1-3-5-4(2)10(14,6(8)16)11(5,15)7(17)9(3,8)13;12-6-2-4-1-5-3-7(13)9(17)11(5,15)10(4,14)8(6)16;12-6-7(13)9(17)11(15)5-2-1-4(3-5)10(11,14)8(6)16;12-8-2-6-1-7-3-9(13)5-11(7,15)10(6,14)4-8;7-1-2(8)6(12)4(10)3(9)5(1)11;1-2-4-5-3-1;1-5(2,3)4/h2*2-5H,1H2;1-2,4-5H,3H2;2,5-7H,1,3-4H2;;1-4H,5H2;1-4H3/t;4-,5+,10+,11-;;6-,7+,10-,11+;;;/m...1.../s1. The smallest absolute Gasteiger partial charge is 0.219 e. The zero-order chi connectivity index (χ0) is 65.7. The van der Waals surface area contributed by atoms with Crippen molar-refractivity contribution in [2.45, 2.75) is 121 Å². The van der Waals surface area contributed by atoms with Crippen LogP contribution in [0.2, 0.25) is 0 Å². The van der Waals surface area contributed by atoms with Gasteiger partial charge in [0.2, 0.25) is 11.6 Å². The highest BCUT2D eigenvalue weighted by Gasteiger charge is 3.04. The molecule has 0 radical (unpaired) electrons. The lowest BCUT2D eigenvalue weighted by Gasteiger charge is -2.55. The van der Waals surface area contributed by atoms with Gasteiger partial charge in [-0.2, -0.15) is 0 Å². The highest BCUT2D eigenvalue weighted by molar-refractivity contribution is 6.71. The Morgan fingerprint density at radius 1 is 0.409 bits per heavy atom. The Bertz CT molecular complexity index is 3410. The molecule has 16 aliphatic rings. The van der Waals surface area contributed by atoms with E-state index in [9.17, 15) is 38.4 Å². The predicted molar refractivity (Wildman–Crippen MR) is 358 cm³/mol. The molecule has 12 unspecified atom stereocenters. The molecule has 8 nitrogen and oxygen atoms in total. The highest BCUT2D eigenvalue weighted by atomic mass is 35.5. The molecule has 88 heavy (non-hydrogen) atoms. The quantitative estimate of drug-likeness (QED) is 0.133. The van der Waals surface area contributed by atoms with Crippen molar-refractivity contribution in [2.24, 2.45) is 64.6 Å². The minimum absolute atomic E-state index is 0.0463. The van der Waals surface area contributed by atoms with Gasteiger partial charge < -0.3 is 0 Å². The van der Waals surface area contributed by atoms with Crippen LogP contribution in [0, 0.1) is 64.6 Å². The molecule has 28 heteroatoms. The predicted octanol–water partition coefficient (Wildman–Crippen LogP) is 18.6. The molecule has 0 aliphatic heterocycles. The van der Waals surface area contributed by atoms with Crippen LogP contribution in [-0.4, -0.2) is 95.0 Å². The van der Waals surface area contributed by atoms with Crippen LogP contribution >= 0.6 is 232 Å². The largest absolute Gasteiger partial charge is 0.296 e. The highest BCUT2D eigenvalue weighted by Crippen LogP contribution is 2.91. The van der Waals surface area contributed by atoms with Crippen molar-refractivity contribution in [3.63, 3.8) is 0 Å². The lowest BCUT2D eigenvalue weighted by molar-refractivity contribution is -0.139. The summed E-state index contributed by atoms with van der Waals surface area (Å²) in [6.07, 6.45) is 24.7. The Balaban J connectivity index is 0.000000117. The van der Waals surface area contributed by atoms with Crippen LogP contribution < -0.4 is 0 Å². The normalized spacial score (nSPS) is 46.7. The number of hydrogen-bond acceptors (Lipinski definition) is 8. The number of ketones is 8. The summed E-state index contributed by atoms with van der Waals surface area (Å²) in [4.78, 5) is 83.5. The number of allylic oxidation sites excluding steroid dienone is 20. The molecule has 8 fully saturated rings. The zero-order valence-corrected chi connectivity index (χ0v) is 60.9. The molecule has 16 aliphatic carbocycles. The van der Waals surface area contributed by atoms with E-state index < -0.39 is 104 Å². The molecule has 0 heterocycles. The number of rotatable bonds is 0. The van der Waals surface area contributed by atoms with Crippen LogP contribution in [-0.2, 0) is 38.4 Å². The Hall–Kier alpha value is 0.560. The minimum atomic E-state index is -1.49. The fourth-order valence-corrected chi connectivity index (χ4v) is 24.4. The summed E-state index contributed by atoms with van der Waals surface area (Å²) in [5.41, 5.74) is 0.500. The molecule has 8 saturated carbocycles. The molecular weight excluding hydrogens is 1560 g/mol. The lowest BCUT2D eigenvalue weighted by atomic mass is 9.58. The molecular formula is C60H46Cl20O8. The summed E-state index contributed by atoms with van der Waals surface area (Å²) >= 11 is 122. The summed E-state index contributed by atoms with van der Waals surface area (Å²) in [7, 11) is 0. The monoisotopic (exact) mass is 1590 g/mol. The molecule has 0 N–H and O–H groups in total. The van der Waals surface area contributed by atoms with Crippen molar-refractivity contribution < 1.29 is 38.4 Å². The minimum Gasteiger partial charge on any atom is -0.296 e. The van der Waals surface area contributed by atoms with Crippen LogP contribution in [0.15, 0.2) is 111 Å². The zero-order valence-electron chi connectivity index (χ0n) is 45.8. The van der Waals surface area contributed by atoms with Gasteiger partial charge in [-0.25, -0.2) is 0 Å². The van der Waals surface area contributed by atoms with E-state index in [0.29, 0.717) is 42.9 Å². The van der Waals surface area contributed by atoms with E-state index in [0.717, 1.165) is 29.3 Å². The van der Waals surface area contributed by atoms with E-state index >= 15 is 0 Å². The molecule has 474 valence electrons.